The van der Waals surface area contributed by atoms with Crippen molar-refractivity contribution < 1.29 is 17.9 Å². The summed E-state index contributed by atoms with van der Waals surface area (Å²) in [7, 11) is 1.25. The van der Waals surface area contributed by atoms with Crippen LogP contribution in [0, 0.1) is 0 Å². The van der Waals surface area contributed by atoms with Crippen LogP contribution in [0.2, 0.25) is 0 Å². The van der Waals surface area contributed by atoms with Gasteiger partial charge in [-0.15, -0.1) is 0 Å². The van der Waals surface area contributed by atoms with Gasteiger partial charge in [0.05, 0.1) is 4.90 Å². The summed E-state index contributed by atoms with van der Waals surface area (Å²) < 4.78 is 26.2. The topological polar surface area (TPSA) is 86.5 Å². The summed E-state index contributed by atoms with van der Waals surface area (Å²) in [5.74, 6) is 0.0271. The highest BCUT2D eigenvalue weighted by Crippen LogP contribution is 2.20. The van der Waals surface area contributed by atoms with Crippen molar-refractivity contribution in [2.24, 2.45) is 5.73 Å². The predicted molar refractivity (Wildman–Crippen MR) is 49.7 cm³/mol. The van der Waals surface area contributed by atoms with Crippen molar-refractivity contribution in [2.45, 2.75) is 4.90 Å². The molecule has 5 nitrogen and oxygen atoms in total. The lowest BCUT2D eigenvalue weighted by Crippen LogP contribution is -2.16. The number of benzene rings is 1. The summed E-state index contributed by atoms with van der Waals surface area (Å²) in [5.41, 5.74) is 4.74. The van der Waals surface area contributed by atoms with E-state index in [9.17, 15) is 13.2 Å². The Kier molecular flexibility index (Phi) is 2.97. The number of ether oxygens (including phenoxy) is 1. The van der Waals surface area contributed by atoms with Crippen LogP contribution in [0.1, 0.15) is 0 Å². The van der Waals surface area contributed by atoms with Crippen molar-refractivity contribution in [1.29, 1.82) is 0 Å². The van der Waals surface area contributed by atoms with Crippen LogP contribution < -0.4 is 10.5 Å². The number of primary amides is 1. The van der Waals surface area contributed by atoms with Crippen molar-refractivity contribution in [3.63, 3.8) is 0 Å². The molecule has 1 amide bonds. The van der Waals surface area contributed by atoms with Crippen LogP contribution in [0.3, 0.4) is 0 Å². The lowest BCUT2D eigenvalue weighted by atomic mass is 10.3. The molecule has 76 valence electrons. The minimum Gasteiger partial charge on any atom is -0.410 e. The smallest absolute Gasteiger partial charge is 0.409 e. The molecule has 0 radical (unpaired) electrons. The highest BCUT2D eigenvalue weighted by molar-refractivity contribution is 8.13. The van der Waals surface area contributed by atoms with E-state index in [2.05, 4.69) is 4.74 Å². The molecule has 0 aliphatic rings. The van der Waals surface area contributed by atoms with Gasteiger partial charge in [0.15, 0.2) is 0 Å². The van der Waals surface area contributed by atoms with Gasteiger partial charge in [-0.1, -0.05) is 6.07 Å². The van der Waals surface area contributed by atoms with E-state index in [1.807, 2.05) is 0 Å². The molecule has 0 aliphatic heterocycles. The molecule has 1 aromatic carbocycles. The summed E-state index contributed by atoms with van der Waals surface area (Å²) in [5, 5.41) is 0. The maximum absolute atomic E-state index is 10.9. The highest BCUT2D eigenvalue weighted by Gasteiger charge is 2.11. The molecule has 0 unspecified atom stereocenters. The van der Waals surface area contributed by atoms with E-state index in [1.54, 1.807) is 0 Å². The van der Waals surface area contributed by atoms with Crippen LogP contribution in [0.4, 0.5) is 4.79 Å². The zero-order valence-corrected chi connectivity index (χ0v) is 8.38. The Labute approximate surface area is 84.8 Å². The van der Waals surface area contributed by atoms with Gasteiger partial charge < -0.3 is 10.5 Å². The standard InChI is InChI=1S/C7H6ClNO4S/c8-14(11,12)6-3-1-2-5(4-6)13-7(9)10/h1-4H,(H2,9,10). The van der Waals surface area contributed by atoms with E-state index in [1.165, 1.54) is 18.2 Å². The van der Waals surface area contributed by atoms with Crippen LogP contribution in [-0.2, 0) is 9.05 Å². The van der Waals surface area contributed by atoms with Crippen LogP contribution in [0.25, 0.3) is 0 Å². The van der Waals surface area contributed by atoms with Crippen molar-refractivity contribution in [3.8, 4) is 5.75 Å². The molecule has 0 saturated carbocycles. The molecule has 7 heteroatoms. The van der Waals surface area contributed by atoms with Crippen LogP contribution in [0.5, 0.6) is 5.75 Å². The minimum absolute atomic E-state index is 0.0271. The van der Waals surface area contributed by atoms with Crippen molar-refractivity contribution in [3.05, 3.63) is 24.3 Å². The molecule has 0 bridgehead atoms. The van der Waals surface area contributed by atoms with Gasteiger partial charge in [0, 0.05) is 16.7 Å². The van der Waals surface area contributed by atoms with E-state index >= 15 is 0 Å². The number of hydrogen-bond acceptors (Lipinski definition) is 4. The first-order valence-corrected chi connectivity index (χ1v) is 5.72. The molecule has 0 aliphatic carbocycles. The fraction of sp³-hybridized carbons (Fsp3) is 0. The van der Waals surface area contributed by atoms with E-state index in [0.717, 1.165) is 6.07 Å². The molecule has 1 aromatic rings. The van der Waals surface area contributed by atoms with Gasteiger partial charge in [-0.05, 0) is 12.1 Å². The number of halogens is 1. The molecular formula is C7H6ClNO4S. The summed E-state index contributed by atoms with van der Waals surface area (Å²) in [4.78, 5) is 10.2. The van der Waals surface area contributed by atoms with E-state index < -0.39 is 15.1 Å². The Bertz CT molecular complexity index is 457. The quantitative estimate of drug-likeness (QED) is 0.777. The highest BCUT2D eigenvalue weighted by atomic mass is 35.7. The lowest BCUT2D eigenvalue weighted by molar-refractivity contribution is 0.211. The number of rotatable bonds is 2. The average Bonchev–Trinajstić information content (AvgIpc) is 2.01. The summed E-state index contributed by atoms with van der Waals surface area (Å²) >= 11 is 0. The van der Waals surface area contributed by atoms with Crippen LogP contribution >= 0.6 is 10.7 Å². The third-order valence-corrected chi connectivity index (χ3v) is 2.66. The lowest BCUT2D eigenvalue weighted by Gasteiger charge is -2.01. The first-order chi connectivity index (χ1) is 6.39. The molecule has 0 atom stereocenters. The summed E-state index contributed by atoms with van der Waals surface area (Å²) in [6.07, 6.45) is -1.02. The number of carbonyl (C=O) groups is 1. The fourth-order valence-corrected chi connectivity index (χ4v) is 1.59. The van der Waals surface area contributed by atoms with Crippen LogP contribution in [0.15, 0.2) is 29.2 Å². The second-order valence-electron chi connectivity index (χ2n) is 2.33. The second-order valence-corrected chi connectivity index (χ2v) is 4.90. The van der Waals surface area contributed by atoms with E-state index in [0.29, 0.717) is 0 Å². The van der Waals surface area contributed by atoms with Gasteiger partial charge in [-0.2, -0.15) is 0 Å². The third-order valence-electron chi connectivity index (χ3n) is 1.31. The molecular weight excluding hydrogens is 230 g/mol. The third kappa shape index (κ3) is 2.90. The van der Waals surface area contributed by atoms with Gasteiger partial charge in [0.2, 0.25) is 0 Å². The summed E-state index contributed by atoms with van der Waals surface area (Å²) in [6, 6.07) is 5.15. The Morgan fingerprint density at radius 1 is 1.43 bits per heavy atom. The first kappa shape index (κ1) is 10.8. The average molecular weight is 236 g/mol. The van der Waals surface area contributed by atoms with Crippen LogP contribution in [-0.4, -0.2) is 14.5 Å². The maximum Gasteiger partial charge on any atom is 0.409 e. The Hall–Kier alpha value is -1.27. The van der Waals surface area contributed by atoms with E-state index in [-0.39, 0.29) is 10.6 Å². The zero-order chi connectivity index (χ0) is 10.8. The molecule has 0 fully saturated rings. The van der Waals surface area contributed by atoms with Gasteiger partial charge in [-0.3, -0.25) is 0 Å². The Balaban J connectivity index is 3.08. The van der Waals surface area contributed by atoms with Crippen molar-refractivity contribution in [1.82, 2.24) is 0 Å². The summed E-state index contributed by atoms with van der Waals surface area (Å²) in [6.45, 7) is 0. The van der Waals surface area contributed by atoms with Gasteiger partial charge in [0.1, 0.15) is 5.75 Å². The van der Waals surface area contributed by atoms with Gasteiger partial charge >= 0.3 is 6.09 Å². The maximum atomic E-state index is 10.9. The largest absolute Gasteiger partial charge is 0.410 e. The number of hydrogen-bond donors (Lipinski definition) is 1. The normalized spacial score (nSPS) is 10.9. The minimum atomic E-state index is -3.82. The monoisotopic (exact) mass is 235 g/mol. The Morgan fingerprint density at radius 3 is 2.57 bits per heavy atom. The SMILES string of the molecule is NC(=O)Oc1cccc(S(=O)(=O)Cl)c1. The van der Waals surface area contributed by atoms with Gasteiger partial charge in [-0.25, -0.2) is 13.2 Å². The predicted octanol–water partition coefficient (Wildman–Crippen LogP) is 1.07. The zero-order valence-electron chi connectivity index (χ0n) is 6.81. The van der Waals surface area contributed by atoms with Crippen molar-refractivity contribution in [2.75, 3.05) is 0 Å². The second kappa shape index (κ2) is 3.85. The molecule has 1 rings (SSSR count). The molecule has 0 heterocycles. The number of carbonyl (C=O) groups excluding carboxylic acids is 1. The number of nitrogens with two attached hydrogens (primary N) is 1. The first-order valence-electron chi connectivity index (χ1n) is 3.41. The molecule has 0 aromatic heterocycles. The molecule has 14 heavy (non-hydrogen) atoms. The number of amides is 1. The molecule has 0 spiro atoms. The molecule has 2 N–H and O–H groups in total. The van der Waals surface area contributed by atoms with E-state index in [4.69, 9.17) is 16.4 Å². The fourth-order valence-electron chi connectivity index (χ4n) is 0.806. The van der Waals surface area contributed by atoms with Gasteiger partial charge in [0.25, 0.3) is 9.05 Å². The Morgan fingerprint density at radius 2 is 2.07 bits per heavy atom. The molecule has 0 saturated heterocycles. The van der Waals surface area contributed by atoms with Crippen molar-refractivity contribution >= 4 is 25.8 Å².